The number of carbonyl (C=O) groups excluding carboxylic acids is 1. The van der Waals surface area contributed by atoms with Crippen molar-refractivity contribution in [1.82, 2.24) is 5.32 Å². The lowest BCUT2D eigenvalue weighted by Crippen LogP contribution is -2.42. The Hall–Kier alpha value is -3.12. The number of nitrogens with one attached hydrogen (secondary N) is 1. The van der Waals surface area contributed by atoms with E-state index in [0.29, 0.717) is 17.8 Å². The van der Waals surface area contributed by atoms with Crippen molar-refractivity contribution >= 4 is 21.6 Å². The minimum Gasteiger partial charge on any atom is -0.355 e. The summed E-state index contributed by atoms with van der Waals surface area (Å²) in [6, 6.07) is 24.2. The SMILES string of the molecule is O=C(CN1c2ccccc2-c2ccccc2S1(=O)=O)NCCCc1ccccc1. The number of sulfonamides is 1. The van der Waals surface area contributed by atoms with Crippen molar-refractivity contribution in [3.8, 4) is 11.1 Å². The van der Waals surface area contributed by atoms with Crippen LogP contribution in [-0.4, -0.2) is 27.4 Å². The first-order valence-electron chi connectivity index (χ1n) is 9.59. The molecule has 0 fully saturated rings. The third-order valence-electron chi connectivity index (χ3n) is 5.01. The molecule has 1 heterocycles. The number of amides is 1. The van der Waals surface area contributed by atoms with Crippen LogP contribution in [-0.2, 0) is 21.2 Å². The van der Waals surface area contributed by atoms with Crippen LogP contribution in [0.1, 0.15) is 12.0 Å². The molecule has 1 aliphatic heterocycles. The molecule has 0 saturated heterocycles. The molecule has 29 heavy (non-hydrogen) atoms. The van der Waals surface area contributed by atoms with E-state index in [1.54, 1.807) is 30.3 Å². The zero-order valence-electron chi connectivity index (χ0n) is 15.9. The van der Waals surface area contributed by atoms with Crippen LogP contribution in [0, 0.1) is 0 Å². The summed E-state index contributed by atoms with van der Waals surface area (Å²) in [5.74, 6) is -0.309. The van der Waals surface area contributed by atoms with E-state index in [9.17, 15) is 13.2 Å². The van der Waals surface area contributed by atoms with Crippen LogP contribution >= 0.6 is 0 Å². The van der Waals surface area contributed by atoms with Crippen LogP contribution in [0.25, 0.3) is 11.1 Å². The van der Waals surface area contributed by atoms with E-state index in [2.05, 4.69) is 17.4 Å². The van der Waals surface area contributed by atoms with Gasteiger partial charge in [-0.25, -0.2) is 8.42 Å². The van der Waals surface area contributed by atoms with Crippen LogP contribution in [0.15, 0.2) is 83.8 Å². The van der Waals surface area contributed by atoms with Gasteiger partial charge in [0.05, 0.1) is 10.6 Å². The summed E-state index contributed by atoms with van der Waals surface area (Å²) in [5.41, 5.74) is 3.23. The van der Waals surface area contributed by atoms with Crippen molar-refractivity contribution < 1.29 is 13.2 Å². The van der Waals surface area contributed by atoms with E-state index in [0.717, 1.165) is 18.4 Å². The van der Waals surface area contributed by atoms with Crippen molar-refractivity contribution in [2.75, 3.05) is 17.4 Å². The highest BCUT2D eigenvalue weighted by Crippen LogP contribution is 2.42. The second kappa shape index (κ2) is 8.09. The number of hydrogen-bond donors (Lipinski definition) is 1. The fourth-order valence-electron chi connectivity index (χ4n) is 3.60. The number of fused-ring (bicyclic) bond motifs is 3. The maximum atomic E-state index is 13.2. The normalized spacial score (nSPS) is 14.0. The number of nitrogens with zero attached hydrogens (tertiary/aromatic N) is 1. The minimum absolute atomic E-state index is 0.232. The summed E-state index contributed by atoms with van der Waals surface area (Å²) in [6.45, 7) is 0.263. The summed E-state index contributed by atoms with van der Waals surface area (Å²) in [7, 11) is -3.79. The largest absolute Gasteiger partial charge is 0.355 e. The monoisotopic (exact) mass is 406 g/mol. The van der Waals surface area contributed by atoms with Gasteiger partial charge in [-0.2, -0.15) is 0 Å². The van der Waals surface area contributed by atoms with E-state index in [4.69, 9.17) is 0 Å². The van der Waals surface area contributed by atoms with Gasteiger partial charge in [0.2, 0.25) is 5.91 Å². The zero-order valence-corrected chi connectivity index (χ0v) is 16.7. The molecule has 1 aliphatic rings. The van der Waals surface area contributed by atoms with Crippen molar-refractivity contribution in [3.63, 3.8) is 0 Å². The molecular formula is C23H22N2O3S. The maximum absolute atomic E-state index is 13.2. The van der Waals surface area contributed by atoms with Crippen molar-refractivity contribution in [2.45, 2.75) is 17.7 Å². The number of carbonyl (C=O) groups is 1. The molecule has 1 N–H and O–H groups in total. The van der Waals surface area contributed by atoms with E-state index < -0.39 is 10.0 Å². The Bertz CT molecular complexity index is 1130. The highest BCUT2D eigenvalue weighted by molar-refractivity contribution is 7.93. The third kappa shape index (κ3) is 3.89. The van der Waals surface area contributed by atoms with Gasteiger partial charge in [0.25, 0.3) is 10.0 Å². The molecule has 0 aliphatic carbocycles. The Kier molecular flexibility index (Phi) is 5.36. The fraction of sp³-hybridized carbons (Fsp3) is 0.174. The van der Waals surface area contributed by atoms with Gasteiger partial charge >= 0.3 is 0 Å². The number of benzene rings is 3. The lowest BCUT2D eigenvalue weighted by Gasteiger charge is -2.31. The smallest absolute Gasteiger partial charge is 0.265 e. The number of anilines is 1. The van der Waals surface area contributed by atoms with Crippen LogP contribution in [0.4, 0.5) is 5.69 Å². The molecule has 0 aromatic heterocycles. The number of aryl methyl sites for hydroxylation is 1. The predicted molar refractivity (Wildman–Crippen MR) is 114 cm³/mol. The van der Waals surface area contributed by atoms with E-state index in [1.165, 1.54) is 9.87 Å². The molecule has 3 aromatic carbocycles. The number of hydrogen-bond acceptors (Lipinski definition) is 3. The molecule has 4 rings (SSSR count). The van der Waals surface area contributed by atoms with Gasteiger partial charge in [0, 0.05) is 17.7 Å². The summed E-state index contributed by atoms with van der Waals surface area (Å²) in [4.78, 5) is 12.7. The quantitative estimate of drug-likeness (QED) is 0.636. The van der Waals surface area contributed by atoms with Crippen LogP contribution in [0.2, 0.25) is 0 Å². The molecule has 5 nitrogen and oxygen atoms in total. The summed E-state index contributed by atoms with van der Waals surface area (Å²) in [6.07, 6.45) is 1.65. The molecular weight excluding hydrogens is 384 g/mol. The van der Waals surface area contributed by atoms with Crippen molar-refractivity contribution in [1.29, 1.82) is 0 Å². The van der Waals surface area contributed by atoms with Gasteiger partial charge in [0.1, 0.15) is 6.54 Å². The second-order valence-electron chi connectivity index (χ2n) is 6.96. The zero-order chi connectivity index (χ0) is 20.3. The Morgan fingerprint density at radius 1 is 0.828 bits per heavy atom. The van der Waals surface area contributed by atoms with Crippen LogP contribution in [0.5, 0.6) is 0 Å². The minimum atomic E-state index is -3.79. The standard InChI is InChI=1S/C23H22N2O3S/c26-23(24-16-8-11-18-9-2-1-3-10-18)17-25-21-14-6-4-12-19(21)20-13-5-7-15-22(20)29(25,27)28/h1-7,9-10,12-15H,8,11,16-17H2,(H,24,26). The van der Waals surface area contributed by atoms with Crippen LogP contribution in [0.3, 0.4) is 0 Å². The highest BCUT2D eigenvalue weighted by Gasteiger charge is 2.35. The molecule has 0 saturated carbocycles. The van der Waals surface area contributed by atoms with Gasteiger partial charge in [-0.3, -0.25) is 9.10 Å². The summed E-state index contributed by atoms with van der Waals surface area (Å²) < 4.78 is 27.5. The molecule has 0 spiro atoms. The second-order valence-corrected chi connectivity index (χ2v) is 8.79. The van der Waals surface area contributed by atoms with E-state index in [1.807, 2.05) is 36.4 Å². The van der Waals surface area contributed by atoms with E-state index >= 15 is 0 Å². The number of para-hydroxylation sites is 1. The first-order valence-corrected chi connectivity index (χ1v) is 11.0. The molecule has 0 radical (unpaired) electrons. The topological polar surface area (TPSA) is 66.5 Å². The molecule has 148 valence electrons. The first-order chi connectivity index (χ1) is 14.1. The van der Waals surface area contributed by atoms with Crippen LogP contribution < -0.4 is 9.62 Å². The van der Waals surface area contributed by atoms with Gasteiger partial charge in [-0.1, -0.05) is 66.7 Å². The van der Waals surface area contributed by atoms with Crippen molar-refractivity contribution in [2.24, 2.45) is 0 Å². The predicted octanol–water partition coefficient (Wildman–Crippen LogP) is 3.61. The Morgan fingerprint density at radius 3 is 2.28 bits per heavy atom. The Morgan fingerprint density at radius 2 is 1.48 bits per heavy atom. The first kappa shape index (κ1) is 19.2. The average Bonchev–Trinajstić information content (AvgIpc) is 2.75. The van der Waals surface area contributed by atoms with Gasteiger partial charge < -0.3 is 5.32 Å². The summed E-state index contributed by atoms with van der Waals surface area (Å²) in [5, 5.41) is 2.85. The van der Waals surface area contributed by atoms with Gasteiger partial charge in [-0.05, 0) is 30.5 Å². The fourth-order valence-corrected chi connectivity index (χ4v) is 5.25. The summed E-state index contributed by atoms with van der Waals surface area (Å²) >= 11 is 0. The number of rotatable bonds is 6. The highest BCUT2D eigenvalue weighted by atomic mass is 32.2. The Labute approximate surface area is 171 Å². The molecule has 0 atom stereocenters. The van der Waals surface area contributed by atoms with Crippen molar-refractivity contribution in [3.05, 3.63) is 84.4 Å². The lowest BCUT2D eigenvalue weighted by atomic mass is 10.0. The van der Waals surface area contributed by atoms with Gasteiger partial charge in [0.15, 0.2) is 0 Å². The third-order valence-corrected chi connectivity index (χ3v) is 6.83. The molecule has 0 unspecified atom stereocenters. The molecule has 1 amide bonds. The lowest BCUT2D eigenvalue weighted by molar-refractivity contribution is -0.119. The molecule has 6 heteroatoms. The molecule has 3 aromatic rings. The van der Waals surface area contributed by atoms with E-state index in [-0.39, 0.29) is 17.3 Å². The maximum Gasteiger partial charge on any atom is 0.265 e. The Balaban J connectivity index is 1.47. The van der Waals surface area contributed by atoms with Gasteiger partial charge in [-0.15, -0.1) is 0 Å². The average molecular weight is 407 g/mol. The molecule has 0 bridgehead atoms.